The zero-order valence-electron chi connectivity index (χ0n) is 7.99. The molecule has 3 nitrogen and oxygen atoms in total. The summed E-state index contributed by atoms with van der Waals surface area (Å²) in [5.41, 5.74) is 3.35. The molecule has 0 spiro atoms. The van der Waals surface area contributed by atoms with Crippen LogP contribution in [0.5, 0.6) is 0 Å². The quantitative estimate of drug-likeness (QED) is 0.595. The molecule has 0 aromatic carbocycles. The molecule has 0 N–H and O–H groups in total. The minimum atomic E-state index is 0.997. The van der Waals surface area contributed by atoms with E-state index in [2.05, 4.69) is 28.0 Å². The first-order chi connectivity index (χ1) is 6.33. The Morgan fingerprint density at radius 3 is 3.15 bits per heavy atom. The largest absolute Gasteiger partial charge is 0.372 e. The summed E-state index contributed by atoms with van der Waals surface area (Å²) < 4.78 is 0. The summed E-state index contributed by atoms with van der Waals surface area (Å²) in [4.78, 5) is 10.8. The molecule has 0 saturated carbocycles. The lowest BCUT2D eigenvalue weighted by atomic mass is 10.1. The first kappa shape index (κ1) is 8.23. The van der Waals surface area contributed by atoms with E-state index in [1.165, 1.54) is 5.69 Å². The normalized spacial score (nSPS) is 18.9. The van der Waals surface area contributed by atoms with Crippen LogP contribution < -0.4 is 4.90 Å². The van der Waals surface area contributed by atoms with E-state index in [0.29, 0.717) is 0 Å². The maximum absolute atomic E-state index is 4.35. The number of pyridine rings is 1. The Bertz CT molecular complexity index is 344. The second-order valence-electron chi connectivity index (χ2n) is 3.21. The van der Waals surface area contributed by atoms with Crippen LogP contribution in [0.2, 0.25) is 0 Å². The van der Waals surface area contributed by atoms with Crippen LogP contribution in [0.15, 0.2) is 23.3 Å². The van der Waals surface area contributed by atoms with Crippen molar-refractivity contribution in [1.82, 2.24) is 4.98 Å². The number of aromatic nitrogens is 1. The van der Waals surface area contributed by atoms with Gasteiger partial charge in [0.15, 0.2) is 0 Å². The molecule has 1 aromatic heterocycles. The van der Waals surface area contributed by atoms with Gasteiger partial charge in [-0.05, 0) is 12.1 Å². The highest BCUT2D eigenvalue weighted by molar-refractivity contribution is 6.05. The third-order valence-electron chi connectivity index (χ3n) is 2.42. The van der Waals surface area contributed by atoms with E-state index in [9.17, 15) is 0 Å². The van der Waals surface area contributed by atoms with E-state index >= 15 is 0 Å². The van der Waals surface area contributed by atoms with E-state index in [1.54, 1.807) is 0 Å². The summed E-state index contributed by atoms with van der Waals surface area (Å²) in [6.45, 7) is 1.03. The molecule has 0 unspecified atom stereocenters. The van der Waals surface area contributed by atoms with E-state index in [1.807, 2.05) is 19.3 Å². The Morgan fingerprint density at radius 1 is 1.54 bits per heavy atom. The number of nitrogens with zero attached hydrogens (tertiary/aromatic N) is 3. The van der Waals surface area contributed by atoms with E-state index in [4.69, 9.17) is 0 Å². The van der Waals surface area contributed by atoms with Crippen molar-refractivity contribution >= 4 is 11.4 Å². The number of aliphatic imine (C=N–C) groups is 1. The molecular weight excluding hydrogens is 162 g/mol. The Balaban J connectivity index is 2.54. The van der Waals surface area contributed by atoms with Crippen LogP contribution in [-0.2, 0) is 0 Å². The van der Waals surface area contributed by atoms with Gasteiger partial charge in [-0.25, -0.2) is 0 Å². The van der Waals surface area contributed by atoms with E-state index in [-0.39, 0.29) is 0 Å². The SMILES string of the molecule is C/N=C1/CCN(C)c2cccnc21. The van der Waals surface area contributed by atoms with Crippen LogP contribution in [0.1, 0.15) is 12.1 Å². The monoisotopic (exact) mass is 175 g/mol. The molecule has 1 aliphatic rings. The Morgan fingerprint density at radius 2 is 2.38 bits per heavy atom. The van der Waals surface area contributed by atoms with Crippen LogP contribution in [-0.4, -0.2) is 31.3 Å². The van der Waals surface area contributed by atoms with Crippen molar-refractivity contribution in [2.45, 2.75) is 6.42 Å². The molecule has 0 atom stereocenters. The average molecular weight is 175 g/mol. The predicted molar refractivity (Wildman–Crippen MR) is 54.6 cm³/mol. The number of hydrogen-bond donors (Lipinski definition) is 0. The average Bonchev–Trinajstić information content (AvgIpc) is 2.19. The van der Waals surface area contributed by atoms with Crippen LogP contribution in [0, 0.1) is 0 Å². The minimum absolute atomic E-state index is 0.997. The molecule has 0 fully saturated rings. The van der Waals surface area contributed by atoms with Gasteiger partial charge in [-0.1, -0.05) is 0 Å². The van der Waals surface area contributed by atoms with Crippen molar-refractivity contribution < 1.29 is 0 Å². The lowest BCUT2D eigenvalue weighted by Crippen LogP contribution is -2.29. The van der Waals surface area contributed by atoms with Crippen molar-refractivity contribution in [3.8, 4) is 0 Å². The summed E-state index contributed by atoms with van der Waals surface area (Å²) in [7, 11) is 3.92. The van der Waals surface area contributed by atoms with Gasteiger partial charge < -0.3 is 4.90 Å². The molecule has 0 saturated heterocycles. The highest BCUT2D eigenvalue weighted by Crippen LogP contribution is 2.23. The topological polar surface area (TPSA) is 28.5 Å². The van der Waals surface area contributed by atoms with Gasteiger partial charge in [-0.15, -0.1) is 0 Å². The molecule has 2 heterocycles. The van der Waals surface area contributed by atoms with Gasteiger partial charge in [0, 0.05) is 33.3 Å². The molecule has 1 aromatic rings. The van der Waals surface area contributed by atoms with Gasteiger partial charge in [0.2, 0.25) is 0 Å². The van der Waals surface area contributed by atoms with Crippen LogP contribution in [0.25, 0.3) is 0 Å². The Hall–Kier alpha value is -1.38. The third kappa shape index (κ3) is 1.30. The molecule has 0 aliphatic carbocycles. The maximum atomic E-state index is 4.35. The molecule has 3 heteroatoms. The fraction of sp³-hybridized carbons (Fsp3) is 0.400. The highest BCUT2D eigenvalue weighted by atomic mass is 15.1. The standard InChI is InChI=1S/C10H13N3/c1-11-8-5-7-13(2)9-4-3-6-12-10(8)9/h3-4,6H,5,7H2,1-2H3/b11-8-. The minimum Gasteiger partial charge on any atom is -0.372 e. The Labute approximate surface area is 78.1 Å². The van der Waals surface area contributed by atoms with Crippen molar-refractivity contribution in [3.05, 3.63) is 24.0 Å². The molecule has 2 rings (SSSR count). The molecule has 1 aliphatic heterocycles. The second-order valence-corrected chi connectivity index (χ2v) is 3.21. The molecule has 0 bridgehead atoms. The first-order valence-electron chi connectivity index (χ1n) is 4.45. The lowest BCUT2D eigenvalue weighted by molar-refractivity contribution is 0.883. The van der Waals surface area contributed by atoms with E-state index in [0.717, 1.165) is 24.4 Å². The lowest BCUT2D eigenvalue weighted by Gasteiger charge is -2.27. The van der Waals surface area contributed by atoms with Gasteiger partial charge in [0.25, 0.3) is 0 Å². The third-order valence-corrected chi connectivity index (χ3v) is 2.42. The van der Waals surface area contributed by atoms with Gasteiger partial charge in [0.05, 0.1) is 11.4 Å². The first-order valence-corrected chi connectivity index (χ1v) is 4.45. The van der Waals surface area contributed by atoms with Gasteiger partial charge >= 0.3 is 0 Å². The summed E-state index contributed by atoms with van der Waals surface area (Å²) in [5.74, 6) is 0. The van der Waals surface area contributed by atoms with Gasteiger partial charge in [-0.3, -0.25) is 9.98 Å². The van der Waals surface area contributed by atoms with Crippen molar-refractivity contribution in [2.24, 2.45) is 4.99 Å². The summed E-state index contributed by atoms with van der Waals surface area (Å²) in [5, 5.41) is 0. The highest BCUT2D eigenvalue weighted by Gasteiger charge is 2.18. The smallest absolute Gasteiger partial charge is 0.107 e. The fourth-order valence-corrected chi connectivity index (χ4v) is 1.66. The van der Waals surface area contributed by atoms with Crippen molar-refractivity contribution in [1.29, 1.82) is 0 Å². The second kappa shape index (κ2) is 3.17. The molecular formula is C10H13N3. The van der Waals surface area contributed by atoms with Crippen LogP contribution >= 0.6 is 0 Å². The van der Waals surface area contributed by atoms with E-state index < -0.39 is 0 Å². The summed E-state index contributed by atoms with van der Waals surface area (Å²) >= 11 is 0. The molecule has 0 amide bonds. The molecule has 68 valence electrons. The zero-order chi connectivity index (χ0) is 9.26. The fourth-order valence-electron chi connectivity index (χ4n) is 1.66. The number of rotatable bonds is 0. The summed E-state index contributed by atoms with van der Waals surface area (Å²) in [6, 6.07) is 4.06. The number of fused-ring (bicyclic) bond motifs is 1. The number of anilines is 1. The predicted octanol–water partition coefficient (Wildman–Crippen LogP) is 1.34. The Kier molecular flexibility index (Phi) is 2.00. The van der Waals surface area contributed by atoms with Crippen LogP contribution in [0.4, 0.5) is 5.69 Å². The van der Waals surface area contributed by atoms with Gasteiger partial charge in [-0.2, -0.15) is 0 Å². The summed E-state index contributed by atoms with van der Waals surface area (Å²) in [6.07, 6.45) is 2.82. The maximum Gasteiger partial charge on any atom is 0.107 e. The zero-order valence-corrected chi connectivity index (χ0v) is 7.99. The van der Waals surface area contributed by atoms with Crippen molar-refractivity contribution in [2.75, 3.05) is 25.5 Å². The van der Waals surface area contributed by atoms with Crippen molar-refractivity contribution in [3.63, 3.8) is 0 Å². The van der Waals surface area contributed by atoms with Gasteiger partial charge in [0.1, 0.15) is 5.69 Å². The number of hydrogen-bond acceptors (Lipinski definition) is 3. The molecule has 0 radical (unpaired) electrons. The van der Waals surface area contributed by atoms with Crippen LogP contribution in [0.3, 0.4) is 0 Å². The molecule has 13 heavy (non-hydrogen) atoms.